The van der Waals surface area contributed by atoms with Gasteiger partial charge in [-0.2, -0.15) is 0 Å². The summed E-state index contributed by atoms with van der Waals surface area (Å²) in [5.41, 5.74) is 12.2. The number of guanidine groups is 1. The molecule has 2 atom stereocenters. The van der Waals surface area contributed by atoms with E-state index in [9.17, 15) is 18.8 Å². The molecule has 3 amide bonds. The fourth-order valence-corrected chi connectivity index (χ4v) is 5.06. The molecule has 3 aromatic carbocycles. The standard InChI is InChI=1S/C31H37FN6O3/c1-20(24-9-8-21-5-2-3-6-25(21)19-24)36-29(40)27(7-4-16-35-31(33)34)37-28(39)22-14-17-38(18-15-22)30(41)23-10-12-26(32)13-11-23/h2-3,5-6,8-13,19-20,22,27H,4,7,14-18H2,1H3,(H,36,40)(H,37,39)(H4,33,34,35)/t20-,27-/m0/s1. The molecule has 3 aromatic rings. The van der Waals surface area contributed by atoms with Gasteiger partial charge in [0.2, 0.25) is 11.8 Å². The topological polar surface area (TPSA) is 143 Å². The Morgan fingerprint density at radius 2 is 1.66 bits per heavy atom. The van der Waals surface area contributed by atoms with E-state index in [0.29, 0.717) is 50.9 Å². The lowest BCUT2D eigenvalue weighted by molar-refractivity contribution is -0.132. The highest BCUT2D eigenvalue weighted by atomic mass is 19.1. The van der Waals surface area contributed by atoms with Crippen molar-refractivity contribution in [3.63, 3.8) is 0 Å². The Bertz CT molecular complexity index is 1400. The maximum Gasteiger partial charge on any atom is 0.253 e. The van der Waals surface area contributed by atoms with E-state index in [-0.39, 0.29) is 35.6 Å². The van der Waals surface area contributed by atoms with Crippen LogP contribution in [0.3, 0.4) is 0 Å². The molecule has 4 rings (SSSR count). The van der Waals surface area contributed by atoms with E-state index in [1.165, 1.54) is 24.3 Å². The fraction of sp³-hybridized carbons (Fsp3) is 0.355. The molecule has 0 aromatic heterocycles. The number of carbonyl (C=O) groups excluding carboxylic acids is 3. The summed E-state index contributed by atoms with van der Waals surface area (Å²) in [5.74, 6) is -1.46. The first-order valence-electron chi connectivity index (χ1n) is 13.9. The van der Waals surface area contributed by atoms with Gasteiger partial charge in [-0.05, 0) is 79.3 Å². The zero-order valence-corrected chi connectivity index (χ0v) is 23.2. The number of benzene rings is 3. The number of hydrogen-bond acceptors (Lipinski definition) is 4. The van der Waals surface area contributed by atoms with Crippen molar-refractivity contribution in [2.45, 2.75) is 44.7 Å². The number of hydrogen-bond donors (Lipinski definition) is 4. The predicted octanol–water partition coefficient (Wildman–Crippen LogP) is 3.25. The van der Waals surface area contributed by atoms with Crippen LogP contribution in [0.5, 0.6) is 0 Å². The normalized spacial score (nSPS) is 15.1. The van der Waals surface area contributed by atoms with E-state index in [0.717, 1.165) is 16.3 Å². The van der Waals surface area contributed by atoms with Crippen LogP contribution in [0.25, 0.3) is 10.8 Å². The van der Waals surface area contributed by atoms with E-state index in [1.807, 2.05) is 49.4 Å². The number of carbonyl (C=O) groups is 3. The van der Waals surface area contributed by atoms with Gasteiger partial charge in [0.15, 0.2) is 5.96 Å². The molecule has 0 spiro atoms. The molecule has 6 N–H and O–H groups in total. The SMILES string of the molecule is C[C@H](NC(=O)[C@H](CCCN=C(N)N)NC(=O)C1CCN(C(=O)c2ccc(F)cc2)CC1)c1ccc2ccccc2c1. The molecule has 0 radical (unpaired) electrons. The lowest BCUT2D eigenvalue weighted by Gasteiger charge is -2.32. The Morgan fingerprint density at radius 3 is 2.34 bits per heavy atom. The second kappa shape index (κ2) is 13.7. The minimum absolute atomic E-state index is 0.0260. The number of halogens is 1. The highest BCUT2D eigenvalue weighted by Crippen LogP contribution is 2.22. The van der Waals surface area contributed by atoms with Crippen LogP contribution < -0.4 is 22.1 Å². The largest absolute Gasteiger partial charge is 0.370 e. The molecule has 1 aliphatic heterocycles. The van der Waals surface area contributed by atoms with E-state index in [4.69, 9.17) is 11.5 Å². The summed E-state index contributed by atoms with van der Waals surface area (Å²) in [6, 6.07) is 18.5. The third kappa shape index (κ3) is 8.03. The number of aliphatic imine (C=N–C) groups is 1. The monoisotopic (exact) mass is 560 g/mol. The molecule has 1 fully saturated rings. The van der Waals surface area contributed by atoms with Crippen molar-refractivity contribution in [3.8, 4) is 0 Å². The summed E-state index contributed by atoms with van der Waals surface area (Å²) < 4.78 is 13.2. The number of rotatable bonds is 10. The first kappa shape index (κ1) is 29.5. The minimum Gasteiger partial charge on any atom is -0.370 e. The van der Waals surface area contributed by atoms with Gasteiger partial charge in [0.05, 0.1) is 6.04 Å². The Labute approximate surface area is 239 Å². The number of nitrogens with two attached hydrogens (primary N) is 2. The second-order valence-electron chi connectivity index (χ2n) is 10.4. The molecular weight excluding hydrogens is 523 g/mol. The zero-order chi connectivity index (χ0) is 29.4. The molecule has 0 bridgehead atoms. The van der Waals surface area contributed by atoms with E-state index in [2.05, 4.69) is 15.6 Å². The summed E-state index contributed by atoms with van der Waals surface area (Å²) in [6.07, 6.45) is 1.80. The van der Waals surface area contributed by atoms with Crippen LogP contribution in [0.1, 0.15) is 54.6 Å². The molecule has 0 saturated carbocycles. The molecule has 216 valence electrons. The van der Waals surface area contributed by atoms with Crippen molar-refractivity contribution in [1.29, 1.82) is 0 Å². The molecular formula is C31H37FN6O3. The van der Waals surface area contributed by atoms with Crippen molar-refractivity contribution in [3.05, 3.63) is 83.7 Å². The van der Waals surface area contributed by atoms with E-state index in [1.54, 1.807) is 4.90 Å². The molecule has 1 aliphatic rings. The second-order valence-corrected chi connectivity index (χ2v) is 10.4. The van der Waals surface area contributed by atoms with E-state index >= 15 is 0 Å². The highest BCUT2D eigenvalue weighted by molar-refractivity contribution is 5.94. The van der Waals surface area contributed by atoms with Gasteiger partial charge in [0, 0.05) is 31.1 Å². The predicted molar refractivity (Wildman–Crippen MR) is 157 cm³/mol. The van der Waals surface area contributed by atoms with Gasteiger partial charge in [-0.1, -0.05) is 36.4 Å². The smallest absolute Gasteiger partial charge is 0.253 e. The zero-order valence-electron chi connectivity index (χ0n) is 23.2. The number of nitrogens with zero attached hydrogens (tertiary/aromatic N) is 2. The Kier molecular flexibility index (Phi) is 9.89. The molecule has 1 heterocycles. The molecule has 0 unspecified atom stereocenters. The van der Waals surface area contributed by atoms with Gasteiger partial charge in [-0.3, -0.25) is 19.4 Å². The van der Waals surface area contributed by atoms with Crippen molar-refractivity contribution in [2.75, 3.05) is 19.6 Å². The lowest BCUT2D eigenvalue weighted by Crippen LogP contribution is -2.50. The number of nitrogens with one attached hydrogen (secondary N) is 2. The highest BCUT2D eigenvalue weighted by Gasteiger charge is 2.31. The summed E-state index contributed by atoms with van der Waals surface area (Å²) in [7, 11) is 0. The van der Waals surface area contributed by atoms with Gasteiger partial charge in [0.1, 0.15) is 11.9 Å². The lowest BCUT2D eigenvalue weighted by atomic mass is 9.94. The Balaban J connectivity index is 1.36. The third-order valence-electron chi connectivity index (χ3n) is 7.45. The summed E-state index contributed by atoms with van der Waals surface area (Å²) in [4.78, 5) is 45.0. The average Bonchev–Trinajstić information content (AvgIpc) is 2.98. The maximum absolute atomic E-state index is 13.4. The van der Waals surface area contributed by atoms with Gasteiger partial charge in [-0.25, -0.2) is 4.39 Å². The summed E-state index contributed by atoms with van der Waals surface area (Å²) in [6.45, 7) is 3.05. The molecule has 41 heavy (non-hydrogen) atoms. The van der Waals surface area contributed by atoms with Gasteiger partial charge in [0.25, 0.3) is 5.91 Å². The summed E-state index contributed by atoms with van der Waals surface area (Å²) >= 11 is 0. The molecule has 1 saturated heterocycles. The minimum atomic E-state index is -0.765. The molecule has 9 nitrogen and oxygen atoms in total. The van der Waals surface area contributed by atoms with Crippen LogP contribution in [-0.4, -0.2) is 54.3 Å². The number of likely N-dealkylation sites (tertiary alicyclic amines) is 1. The van der Waals surface area contributed by atoms with Crippen molar-refractivity contribution < 1.29 is 18.8 Å². The van der Waals surface area contributed by atoms with Gasteiger partial charge >= 0.3 is 0 Å². The van der Waals surface area contributed by atoms with Gasteiger partial charge < -0.3 is 27.0 Å². The number of amides is 3. The number of piperidine rings is 1. The van der Waals surface area contributed by atoms with E-state index < -0.39 is 11.9 Å². The quantitative estimate of drug-likeness (QED) is 0.171. The molecule has 0 aliphatic carbocycles. The molecule has 10 heteroatoms. The van der Waals surface area contributed by atoms with Crippen molar-refractivity contribution in [2.24, 2.45) is 22.4 Å². The Morgan fingerprint density at radius 1 is 0.976 bits per heavy atom. The van der Waals surface area contributed by atoms with Crippen LogP contribution in [0.2, 0.25) is 0 Å². The van der Waals surface area contributed by atoms with Crippen molar-refractivity contribution >= 4 is 34.5 Å². The van der Waals surface area contributed by atoms with Gasteiger partial charge in [-0.15, -0.1) is 0 Å². The van der Waals surface area contributed by atoms with Crippen LogP contribution in [0.4, 0.5) is 4.39 Å². The maximum atomic E-state index is 13.4. The van der Waals surface area contributed by atoms with Crippen LogP contribution in [0.15, 0.2) is 71.7 Å². The summed E-state index contributed by atoms with van der Waals surface area (Å²) in [5, 5.41) is 8.18. The number of fused-ring (bicyclic) bond motifs is 1. The first-order chi connectivity index (χ1) is 19.7. The van der Waals surface area contributed by atoms with Crippen molar-refractivity contribution in [1.82, 2.24) is 15.5 Å². The fourth-order valence-electron chi connectivity index (χ4n) is 5.06. The van der Waals surface area contributed by atoms with Crippen LogP contribution in [-0.2, 0) is 9.59 Å². The first-order valence-corrected chi connectivity index (χ1v) is 13.9. The third-order valence-corrected chi connectivity index (χ3v) is 7.45. The average molecular weight is 561 g/mol. The van der Waals surface area contributed by atoms with Crippen LogP contribution in [0, 0.1) is 11.7 Å². The Hall–Kier alpha value is -4.47. The van der Waals surface area contributed by atoms with Crippen LogP contribution >= 0.6 is 0 Å².